The van der Waals surface area contributed by atoms with Gasteiger partial charge in [-0.15, -0.1) is 0 Å². The summed E-state index contributed by atoms with van der Waals surface area (Å²) >= 11 is 0. The van der Waals surface area contributed by atoms with Crippen molar-refractivity contribution < 1.29 is 10.0 Å². The highest BCUT2D eigenvalue weighted by Crippen LogP contribution is 2.27. The van der Waals surface area contributed by atoms with Gasteiger partial charge in [0.1, 0.15) is 5.41 Å². The molecular weight excluding hydrogens is 256 g/mol. The van der Waals surface area contributed by atoms with Crippen molar-refractivity contribution in [1.82, 2.24) is 10.2 Å². The summed E-state index contributed by atoms with van der Waals surface area (Å²) in [4.78, 5) is 14.9. The zero-order valence-corrected chi connectivity index (χ0v) is 12.9. The SMILES string of the molecule is CCN1CCCC1CNC(=O)C(CC)(CC)C(N)=NO. The maximum absolute atomic E-state index is 12.5. The van der Waals surface area contributed by atoms with Crippen molar-refractivity contribution in [2.75, 3.05) is 19.6 Å². The Labute approximate surface area is 121 Å². The normalized spacial score (nSPS) is 21.1. The number of likely N-dealkylation sites (tertiary alicyclic amines) is 1. The molecule has 116 valence electrons. The molecule has 0 aromatic rings. The molecule has 1 atom stereocenters. The van der Waals surface area contributed by atoms with E-state index in [2.05, 4.69) is 22.3 Å². The van der Waals surface area contributed by atoms with Crippen molar-refractivity contribution in [1.29, 1.82) is 0 Å². The van der Waals surface area contributed by atoms with Crippen LogP contribution in [-0.4, -0.2) is 47.5 Å². The van der Waals surface area contributed by atoms with Crippen LogP contribution in [0.1, 0.15) is 46.5 Å². The minimum atomic E-state index is -0.898. The highest BCUT2D eigenvalue weighted by atomic mass is 16.4. The van der Waals surface area contributed by atoms with Crippen molar-refractivity contribution >= 4 is 11.7 Å². The molecule has 0 radical (unpaired) electrons. The van der Waals surface area contributed by atoms with Crippen molar-refractivity contribution in [3.8, 4) is 0 Å². The number of likely N-dealkylation sites (N-methyl/N-ethyl adjacent to an activating group) is 1. The number of amides is 1. The Balaban J connectivity index is 2.68. The Hall–Kier alpha value is -1.30. The molecule has 6 nitrogen and oxygen atoms in total. The van der Waals surface area contributed by atoms with Crippen LogP contribution in [0.4, 0.5) is 0 Å². The van der Waals surface area contributed by atoms with Gasteiger partial charge in [0.25, 0.3) is 0 Å². The van der Waals surface area contributed by atoms with E-state index in [1.807, 2.05) is 13.8 Å². The van der Waals surface area contributed by atoms with Crippen molar-refractivity contribution in [3.63, 3.8) is 0 Å². The van der Waals surface area contributed by atoms with Crippen LogP contribution in [0.5, 0.6) is 0 Å². The Morgan fingerprint density at radius 1 is 1.45 bits per heavy atom. The topological polar surface area (TPSA) is 91.0 Å². The summed E-state index contributed by atoms with van der Waals surface area (Å²) in [5.74, 6) is -0.139. The molecule has 1 aliphatic heterocycles. The second kappa shape index (κ2) is 7.47. The number of hydrogen-bond donors (Lipinski definition) is 3. The van der Waals surface area contributed by atoms with Gasteiger partial charge in [-0.05, 0) is 38.8 Å². The predicted molar refractivity (Wildman–Crippen MR) is 79.7 cm³/mol. The second-order valence-corrected chi connectivity index (χ2v) is 5.41. The van der Waals surface area contributed by atoms with Gasteiger partial charge in [0.05, 0.1) is 0 Å². The maximum Gasteiger partial charge on any atom is 0.233 e. The predicted octanol–water partition coefficient (Wildman–Crippen LogP) is 1.14. The highest BCUT2D eigenvalue weighted by molar-refractivity contribution is 6.06. The van der Waals surface area contributed by atoms with E-state index in [0.717, 1.165) is 19.5 Å². The number of nitrogens with zero attached hydrogens (tertiary/aromatic N) is 2. The molecular formula is C14H28N4O2. The van der Waals surface area contributed by atoms with E-state index in [0.29, 0.717) is 25.4 Å². The number of rotatable bonds is 7. The van der Waals surface area contributed by atoms with E-state index in [9.17, 15) is 4.79 Å². The molecule has 4 N–H and O–H groups in total. The van der Waals surface area contributed by atoms with E-state index >= 15 is 0 Å². The number of nitrogens with one attached hydrogen (secondary N) is 1. The van der Waals surface area contributed by atoms with Crippen LogP contribution in [-0.2, 0) is 4.79 Å². The largest absolute Gasteiger partial charge is 0.409 e. The van der Waals surface area contributed by atoms with Crippen LogP contribution in [0.3, 0.4) is 0 Å². The lowest BCUT2D eigenvalue weighted by molar-refractivity contribution is -0.128. The molecule has 0 saturated carbocycles. The molecule has 1 amide bonds. The average molecular weight is 284 g/mol. The standard InChI is InChI=1S/C14H28N4O2/c1-4-14(5-2,12(15)17-20)13(19)16-10-11-8-7-9-18(11)6-3/h11,20H,4-10H2,1-3H3,(H2,15,17)(H,16,19). The van der Waals surface area contributed by atoms with Crippen LogP contribution in [0.2, 0.25) is 0 Å². The van der Waals surface area contributed by atoms with Crippen LogP contribution in [0.25, 0.3) is 0 Å². The van der Waals surface area contributed by atoms with Crippen LogP contribution in [0, 0.1) is 5.41 Å². The maximum atomic E-state index is 12.5. The van der Waals surface area contributed by atoms with Crippen LogP contribution < -0.4 is 11.1 Å². The zero-order valence-electron chi connectivity index (χ0n) is 12.9. The number of carbonyl (C=O) groups is 1. The molecule has 1 unspecified atom stereocenters. The summed E-state index contributed by atoms with van der Waals surface area (Å²) in [7, 11) is 0. The molecule has 0 aliphatic carbocycles. The number of carbonyl (C=O) groups excluding carboxylic acids is 1. The Morgan fingerprint density at radius 2 is 2.10 bits per heavy atom. The third-order valence-electron chi connectivity index (χ3n) is 4.64. The Morgan fingerprint density at radius 3 is 2.60 bits per heavy atom. The van der Waals surface area contributed by atoms with Gasteiger partial charge in [0.15, 0.2) is 5.84 Å². The molecule has 0 aromatic heterocycles. The molecule has 1 heterocycles. The van der Waals surface area contributed by atoms with Gasteiger partial charge >= 0.3 is 0 Å². The molecule has 20 heavy (non-hydrogen) atoms. The summed E-state index contributed by atoms with van der Waals surface area (Å²) in [6.45, 7) is 8.65. The molecule has 1 saturated heterocycles. The van der Waals surface area contributed by atoms with E-state index in [4.69, 9.17) is 10.9 Å². The first-order valence-electron chi connectivity index (χ1n) is 7.56. The minimum Gasteiger partial charge on any atom is -0.409 e. The second-order valence-electron chi connectivity index (χ2n) is 5.41. The van der Waals surface area contributed by atoms with Gasteiger partial charge in [-0.3, -0.25) is 9.69 Å². The van der Waals surface area contributed by atoms with Crippen LogP contribution in [0.15, 0.2) is 5.16 Å². The smallest absolute Gasteiger partial charge is 0.233 e. The third kappa shape index (κ3) is 3.23. The fourth-order valence-corrected chi connectivity index (χ4v) is 3.07. The molecule has 6 heteroatoms. The molecule has 1 aliphatic rings. The minimum absolute atomic E-state index is 0.00114. The molecule has 0 aromatic carbocycles. The van der Waals surface area contributed by atoms with Gasteiger partial charge in [-0.25, -0.2) is 0 Å². The van der Waals surface area contributed by atoms with E-state index < -0.39 is 5.41 Å². The highest BCUT2D eigenvalue weighted by Gasteiger charge is 2.40. The Bertz CT molecular complexity index is 353. The summed E-state index contributed by atoms with van der Waals surface area (Å²) in [5.41, 5.74) is 4.84. The Kier molecular flexibility index (Phi) is 6.26. The first-order valence-corrected chi connectivity index (χ1v) is 7.56. The lowest BCUT2D eigenvalue weighted by Crippen LogP contribution is -2.51. The molecule has 0 bridgehead atoms. The number of oxime groups is 1. The summed E-state index contributed by atoms with van der Waals surface area (Å²) in [6, 6.07) is 0.405. The van der Waals surface area contributed by atoms with Gasteiger partial charge < -0.3 is 16.3 Å². The first-order chi connectivity index (χ1) is 9.55. The molecule has 1 fully saturated rings. The summed E-state index contributed by atoms with van der Waals surface area (Å²) in [6.07, 6.45) is 3.34. The van der Waals surface area contributed by atoms with Crippen molar-refractivity contribution in [2.45, 2.75) is 52.5 Å². The average Bonchev–Trinajstić information content (AvgIpc) is 2.93. The zero-order chi connectivity index (χ0) is 15.2. The van der Waals surface area contributed by atoms with Crippen LogP contribution >= 0.6 is 0 Å². The fourth-order valence-electron chi connectivity index (χ4n) is 3.07. The quantitative estimate of drug-likeness (QED) is 0.283. The van der Waals surface area contributed by atoms with Crippen molar-refractivity contribution in [2.24, 2.45) is 16.3 Å². The number of hydrogen-bond acceptors (Lipinski definition) is 4. The van der Waals surface area contributed by atoms with Crippen molar-refractivity contribution in [3.05, 3.63) is 0 Å². The number of amidine groups is 1. The lowest BCUT2D eigenvalue weighted by Gasteiger charge is -2.30. The first kappa shape index (κ1) is 16.8. The number of nitrogens with two attached hydrogens (primary N) is 1. The lowest BCUT2D eigenvalue weighted by atomic mass is 9.80. The summed E-state index contributed by atoms with van der Waals surface area (Å²) in [5, 5.41) is 15.0. The monoisotopic (exact) mass is 284 g/mol. The molecule has 1 rings (SSSR count). The van der Waals surface area contributed by atoms with Gasteiger partial charge in [-0.2, -0.15) is 0 Å². The van der Waals surface area contributed by atoms with E-state index in [1.54, 1.807) is 0 Å². The van der Waals surface area contributed by atoms with E-state index in [1.165, 1.54) is 6.42 Å². The van der Waals surface area contributed by atoms with Gasteiger partial charge in [0.2, 0.25) is 5.91 Å². The summed E-state index contributed by atoms with van der Waals surface area (Å²) < 4.78 is 0. The van der Waals surface area contributed by atoms with Gasteiger partial charge in [0, 0.05) is 12.6 Å². The van der Waals surface area contributed by atoms with E-state index in [-0.39, 0.29) is 11.7 Å². The van der Waals surface area contributed by atoms with Gasteiger partial charge in [-0.1, -0.05) is 25.9 Å². The fraction of sp³-hybridized carbons (Fsp3) is 0.857. The molecule has 0 spiro atoms. The third-order valence-corrected chi connectivity index (χ3v) is 4.64.